The summed E-state index contributed by atoms with van der Waals surface area (Å²) in [4.78, 5) is 43.1. The van der Waals surface area contributed by atoms with Gasteiger partial charge in [-0.05, 0) is 36.4 Å². The minimum atomic E-state index is -5.27. The summed E-state index contributed by atoms with van der Waals surface area (Å²) >= 11 is 6.26. The highest BCUT2D eigenvalue weighted by Gasteiger charge is 2.61. The summed E-state index contributed by atoms with van der Waals surface area (Å²) in [5.41, 5.74) is -4.85. The van der Waals surface area contributed by atoms with Crippen molar-refractivity contribution >= 4 is 41.0 Å². The van der Waals surface area contributed by atoms with E-state index in [9.17, 15) is 41.4 Å². The zero-order valence-corrected chi connectivity index (χ0v) is 21.0. The van der Waals surface area contributed by atoms with Crippen LogP contribution in [0.25, 0.3) is 0 Å². The van der Waals surface area contributed by atoms with Gasteiger partial charge in [0.2, 0.25) is 17.3 Å². The Balaban J connectivity index is 1.61. The van der Waals surface area contributed by atoms with Crippen molar-refractivity contribution in [3.8, 4) is 0 Å². The smallest absolute Gasteiger partial charge is 0.375 e. The monoisotopic (exact) mass is 584 g/mol. The number of halogens is 6. The average molecular weight is 585 g/mol. The van der Waals surface area contributed by atoms with Crippen LogP contribution in [0.1, 0.15) is 33.5 Å². The number of hydrogen-bond acceptors (Lipinski definition) is 5. The summed E-state index contributed by atoms with van der Waals surface area (Å²) in [5.74, 6) is -3.85. The topological polar surface area (TPSA) is 129 Å². The highest BCUT2D eigenvalue weighted by molar-refractivity contribution is 6.31. The molecule has 0 saturated carbocycles. The van der Waals surface area contributed by atoms with Crippen molar-refractivity contribution in [2.75, 3.05) is 23.8 Å². The molecule has 4 amide bonds. The number of anilines is 2. The first kappa shape index (κ1) is 27.3. The number of imidazole rings is 1. The van der Waals surface area contributed by atoms with E-state index in [-0.39, 0.29) is 27.9 Å². The Bertz CT molecular complexity index is 1580. The van der Waals surface area contributed by atoms with Crippen LogP contribution in [0.5, 0.6) is 0 Å². The number of rotatable bonds is 3. The zero-order valence-electron chi connectivity index (χ0n) is 20.2. The third-order valence-electron chi connectivity index (χ3n) is 6.61. The normalized spacial score (nSPS) is 20.1. The lowest BCUT2D eigenvalue weighted by Crippen LogP contribution is -2.48. The first-order chi connectivity index (χ1) is 18.7. The van der Waals surface area contributed by atoms with E-state index in [2.05, 4.69) is 20.9 Å². The number of aromatic nitrogens is 2. The summed E-state index contributed by atoms with van der Waals surface area (Å²) in [6, 6.07) is 3.07. The number of fused-ring (bicyclic) bond motifs is 2. The molecule has 2 atom stereocenters. The Morgan fingerprint density at radius 3 is 2.52 bits per heavy atom. The molecule has 16 heteroatoms. The maximum Gasteiger partial charge on any atom is 0.423 e. The van der Waals surface area contributed by atoms with Gasteiger partial charge in [0.05, 0.1) is 24.0 Å². The quantitative estimate of drug-likeness (QED) is 0.352. The first-order valence-electron chi connectivity index (χ1n) is 11.5. The van der Waals surface area contributed by atoms with Crippen LogP contribution in [-0.2, 0) is 16.9 Å². The molecule has 2 aliphatic rings. The lowest BCUT2D eigenvalue weighted by molar-refractivity contribution is -0.258. The fourth-order valence-electron chi connectivity index (χ4n) is 4.74. The van der Waals surface area contributed by atoms with E-state index >= 15 is 0 Å². The number of hydrogen-bond donors (Lipinski definition) is 4. The van der Waals surface area contributed by atoms with Gasteiger partial charge < -0.3 is 20.3 Å². The molecule has 0 saturated heterocycles. The molecular weight excluding hydrogens is 567 g/mol. The third-order valence-corrected chi connectivity index (χ3v) is 6.95. The van der Waals surface area contributed by atoms with Crippen molar-refractivity contribution in [2.45, 2.75) is 24.4 Å². The maximum atomic E-state index is 14.1. The predicted octanol–water partition coefficient (Wildman–Crippen LogP) is 3.20. The van der Waals surface area contributed by atoms with Crippen molar-refractivity contribution in [1.29, 1.82) is 0 Å². The molecule has 3 heterocycles. The fraction of sp³-hybridized carbons (Fsp3) is 0.250. The molecule has 0 aliphatic carbocycles. The van der Waals surface area contributed by atoms with Crippen molar-refractivity contribution in [1.82, 2.24) is 20.2 Å². The Hall–Kier alpha value is -4.24. The second kappa shape index (κ2) is 9.45. The molecule has 10 nitrogen and oxygen atoms in total. The van der Waals surface area contributed by atoms with E-state index in [1.165, 1.54) is 13.1 Å². The predicted molar refractivity (Wildman–Crippen MR) is 130 cm³/mol. The van der Waals surface area contributed by atoms with Gasteiger partial charge in [-0.3, -0.25) is 19.8 Å². The Kier molecular flexibility index (Phi) is 6.45. The van der Waals surface area contributed by atoms with Crippen LogP contribution >= 0.6 is 11.6 Å². The molecule has 5 rings (SSSR count). The lowest BCUT2D eigenvalue weighted by atomic mass is 9.95. The van der Waals surface area contributed by atoms with Crippen molar-refractivity contribution in [3.63, 3.8) is 0 Å². The summed E-state index contributed by atoms with van der Waals surface area (Å²) < 4.78 is 70.7. The van der Waals surface area contributed by atoms with E-state index in [1.54, 1.807) is 0 Å². The van der Waals surface area contributed by atoms with Gasteiger partial charge in [-0.1, -0.05) is 11.6 Å². The number of carbonyl (C=O) groups excluding carboxylic acids is 3. The van der Waals surface area contributed by atoms with Crippen molar-refractivity contribution in [2.24, 2.45) is 0 Å². The first-order valence-corrected chi connectivity index (χ1v) is 11.9. The van der Waals surface area contributed by atoms with Gasteiger partial charge in [0.1, 0.15) is 18.2 Å². The molecule has 1 aromatic heterocycles. The third kappa shape index (κ3) is 4.30. The van der Waals surface area contributed by atoms with Gasteiger partial charge in [-0.2, -0.15) is 13.2 Å². The summed E-state index contributed by atoms with van der Waals surface area (Å²) in [6.07, 6.45) is -5.27. The molecule has 0 unspecified atom stereocenters. The van der Waals surface area contributed by atoms with Gasteiger partial charge >= 0.3 is 12.2 Å². The number of aliphatic hydroxyl groups is 1. The van der Waals surface area contributed by atoms with Gasteiger partial charge in [0.25, 0.3) is 5.91 Å². The number of nitrogens with one attached hydrogen (secondary N) is 3. The minimum absolute atomic E-state index is 0.0193. The van der Waals surface area contributed by atoms with Crippen LogP contribution in [0.2, 0.25) is 5.02 Å². The second-order valence-corrected chi connectivity index (χ2v) is 9.44. The SMILES string of the molecule is CNC(=O)c1nc(NC(=O)N2C[C@](O)(C(F)(F)F)c3cc(F)ccc32)c2n1CC(=O)N[C@H]2c1cc(F)ccc1Cl. The highest BCUT2D eigenvalue weighted by Crippen LogP contribution is 2.49. The van der Waals surface area contributed by atoms with E-state index < -0.39 is 71.6 Å². The number of β-amino-alcohol motifs (C(OH)–C–C–N with tert-alkyl or cyclic N) is 1. The van der Waals surface area contributed by atoms with Crippen LogP contribution in [0.15, 0.2) is 36.4 Å². The molecule has 2 aliphatic heterocycles. The van der Waals surface area contributed by atoms with E-state index in [0.29, 0.717) is 11.0 Å². The van der Waals surface area contributed by atoms with Gasteiger partial charge in [-0.15, -0.1) is 0 Å². The van der Waals surface area contributed by atoms with E-state index in [4.69, 9.17) is 11.6 Å². The summed E-state index contributed by atoms with van der Waals surface area (Å²) in [5, 5.41) is 17.7. The Morgan fingerprint density at radius 1 is 1.18 bits per heavy atom. The highest BCUT2D eigenvalue weighted by atomic mass is 35.5. The number of urea groups is 1. The van der Waals surface area contributed by atoms with Crippen LogP contribution in [0, 0.1) is 11.6 Å². The molecule has 40 heavy (non-hydrogen) atoms. The molecular formula is C24H18ClF5N6O4. The molecule has 3 aromatic rings. The standard InChI is InChI=1S/C24H18ClF5N6O4/c1-31-21(38)20-33-19(18-17(32-16(37)8-35(18)20)12-6-10(26)2-4-14(12)25)34-22(39)36-9-23(40,24(28,29)30)13-7-11(27)3-5-15(13)36/h2-7,17,40H,8-9H2,1H3,(H,31,38)(H,32,37)(H,34,39)/t17-,23+/m0/s1. The number of carbonyl (C=O) groups is 3. The Labute approximate surface area is 226 Å². The van der Waals surface area contributed by atoms with Gasteiger partial charge in [0, 0.05) is 23.2 Å². The molecule has 0 spiro atoms. The second-order valence-electron chi connectivity index (χ2n) is 9.04. The van der Waals surface area contributed by atoms with E-state index in [0.717, 1.165) is 28.8 Å². The Morgan fingerprint density at radius 2 is 1.85 bits per heavy atom. The molecule has 0 radical (unpaired) electrons. The molecule has 4 N–H and O–H groups in total. The largest absolute Gasteiger partial charge is 0.423 e. The van der Waals surface area contributed by atoms with Crippen LogP contribution < -0.4 is 20.9 Å². The minimum Gasteiger partial charge on any atom is -0.375 e. The number of benzene rings is 2. The molecule has 2 aromatic carbocycles. The van der Waals surface area contributed by atoms with Crippen LogP contribution in [0.4, 0.5) is 38.3 Å². The molecule has 0 fully saturated rings. The number of alkyl halides is 3. The molecule has 0 bridgehead atoms. The zero-order chi connectivity index (χ0) is 29.1. The van der Waals surface area contributed by atoms with Crippen molar-refractivity contribution in [3.05, 3.63) is 75.7 Å². The summed E-state index contributed by atoms with van der Waals surface area (Å²) in [7, 11) is 1.28. The number of nitrogens with zero attached hydrogens (tertiary/aromatic N) is 3. The van der Waals surface area contributed by atoms with Gasteiger partial charge in [-0.25, -0.2) is 18.6 Å². The molecule has 210 valence electrons. The van der Waals surface area contributed by atoms with Crippen LogP contribution in [0.3, 0.4) is 0 Å². The van der Waals surface area contributed by atoms with E-state index in [1.807, 2.05) is 0 Å². The average Bonchev–Trinajstić information content (AvgIpc) is 3.40. The van der Waals surface area contributed by atoms with Crippen LogP contribution in [-0.4, -0.2) is 52.3 Å². The summed E-state index contributed by atoms with van der Waals surface area (Å²) in [6.45, 7) is -1.75. The van der Waals surface area contributed by atoms with Gasteiger partial charge in [0.15, 0.2) is 5.82 Å². The van der Waals surface area contributed by atoms with Crippen molar-refractivity contribution < 1.29 is 41.4 Å². The maximum absolute atomic E-state index is 14.1. The number of amides is 4. The lowest BCUT2D eigenvalue weighted by Gasteiger charge is -2.28. The fourth-order valence-corrected chi connectivity index (χ4v) is 4.97.